The highest BCUT2D eigenvalue weighted by atomic mass is 16.6. The predicted molar refractivity (Wildman–Crippen MR) is 114 cm³/mol. The zero-order valence-electron chi connectivity index (χ0n) is 17.1. The number of nitrogens with zero attached hydrogens (tertiary/aromatic N) is 2. The van der Waals surface area contributed by atoms with Gasteiger partial charge in [-0.2, -0.15) is 0 Å². The Morgan fingerprint density at radius 2 is 1.72 bits per heavy atom. The Morgan fingerprint density at radius 3 is 2.34 bits per heavy atom. The summed E-state index contributed by atoms with van der Waals surface area (Å²) in [7, 11) is 0. The molecule has 6 heteroatoms. The topological polar surface area (TPSA) is 73.2 Å². The molecule has 3 aromatic rings. The Morgan fingerprint density at radius 1 is 1.07 bits per heavy atom. The smallest absolute Gasteiger partial charge is 0.326 e. The second-order valence-corrected chi connectivity index (χ2v) is 7.83. The van der Waals surface area contributed by atoms with E-state index in [0.29, 0.717) is 5.82 Å². The summed E-state index contributed by atoms with van der Waals surface area (Å²) in [5.74, 6) is -0.0815. The van der Waals surface area contributed by atoms with Gasteiger partial charge < -0.3 is 10.1 Å². The summed E-state index contributed by atoms with van der Waals surface area (Å²) in [6.45, 7) is 7.14. The molecule has 6 nitrogen and oxygen atoms in total. The van der Waals surface area contributed by atoms with Crippen LogP contribution in [0.3, 0.4) is 0 Å². The van der Waals surface area contributed by atoms with Crippen LogP contribution in [-0.2, 0) is 16.1 Å². The van der Waals surface area contributed by atoms with E-state index >= 15 is 0 Å². The second kappa shape index (κ2) is 8.31. The summed E-state index contributed by atoms with van der Waals surface area (Å²) >= 11 is 0. The van der Waals surface area contributed by atoms with Gasteiger partial charge in [-0.15, -0.1) is 0 Å². The van der Waals surface area contributed by atoms with Crippen molar-refractivity contribution >= 4 is 17.3 Å². The maximum atomic E-state index is 13.2. The van der Waals surface area contributed by atoms with Gasteiger partial charge in [0.1, 0.15) is 23.7 Å². The Labute approximate surface area is 170 Å². The number of nitrogens with one attached hydrogen (secondary N) is 1. The van der Waals surface area contributed by atoms with Gasteiger partial charge in [-0.3, -0.25) is 14.2 Å². The molecular formula is C23H25N3O3. The van der Waals surface area contributed by atoms with Gasteiger partial charge in [-0.25, -0.2) is 4.98 Å². The first-order valence-electron chi connectivity index (χ1n) is 9.44. The van der Waals surface area contributed by atoms with E-state index in [2.05, 4.69) is 10.3 Å². The third-order valence-electron chi connectivity index (χ3n) is 4.12. The van der Waals surface area contributed by atoms with Crippen LogP contribution in [0.2, 0.25) is 0 Å². The van der Waals surface area contributed by atoms with E-state index in [4.69, 9.17) is 4.74 Å². The highest BCUT2D eigenvalue weighted by Gasteiger charge is 2.20. The van der Waals surface area contributed by atoms with Crippen LogP contribution in [0.25, 0.3) is 11.4 Å². The van der Waals surface area contributed by atoms with Crippen molar-refractivity contribution in [3.63, 3.8) is 0 Å². The molecule has 0 radical (unpaired) electrons. The molecule has 3 rings (SSSR count). The van der Waals surface area contributed by atoms with Crippen molar-refractivity contribution in [3.8, 4) is 11.4 Å². The first kappa shape index (κ1) is 20.3. The van der Waals surface area contributed by atoms with Gasteiger partial charge in [0.05, 0.1) is 6.20 Å². The normalized spacial score (nSPS) is 11.2. The number of aryl methyl sites for hydroxylation is 1. The van der Waals surface area contributed by atoms with Crippen LogP contribution in [0.5, 0.6) is 0 Å². The molecule has 1 aromatic heterocycles. The predicted octanol–water partition coefficient (Wildman–Crippen LogP) is 4.30. The van der Waals surface area contributed by atoms with Gasteiger partial charge >= 0.3 is 5.97 Å². The van der Waals surface area contributed by atoms with E-state index in [0.717, 1.165) is 16.8 Å². The number of esters is 1. The fourth-order valence-electron chi connectivity index (χ4n) is 2.84. The van der Waals surface area contributed by atoms with Crippen molar-refractivity contribution in [1.29, 1.82) is 0 Å². The molecule has 0 atom stereocenters. The average molecular weight is 391 g/mol. The van der Waals surface area contributed by atoms with Crippen molar-refractivity contribution in [3.05, 3.63) is 76.7 Å². The van der Waals surface area contributed by atoms with E-state index in [1.54, 1.807) is 20.8 Å². The SMILES string of the molecule is Cc1ccc(Nc2cnc(-c3ccccc3)n(CC(=O)OC(C)(C)C)c2=O)cc1. The molecule has 0 amide bonds. The van der Waals surface area contributed by atoms with Crippen LogP contribution < -0.4 is 10.9 Å². The molecule has 1 heterocycles. The summed E-state index contributed by atoms with van der Waals surface area (Å²) in [4.78, 5) is 30.1. The van der Waals surface area contributed by atoms with E-state index in [-0.39, 0.29) is 17.8 Å². The van der Waals surface area contributed by atoms with Crippen LogP contribution >= 0.6 is 0 Å². The van der Waals surface area contributed by atoms with Crippen molar-refractivity contribution in [1.82, 2.24) is 9.55 Å². The van der Waals surface area contributed by atoms with Gasteiger partial charge in [-0.05, 0) is 39.8 Å². The van der Waals surface area contributed by atoms with Gasteiger partial charge in [0.15, 0.2) is 0 Å². The van der Waals surface area contributed by atoms with Gasteiger partial charge in [0.25, 0.3) is 5.56 Å². The third kappa shape index (κ3) is 5.31. The molecule has 0 aliphatic rings. The number of ether oxygens (including phenoxy) is 1. The largest absolute Gasteiger partial charge is 0.459 e. The summed E-state index contributed by atoms with van der Waals surface area (Å²) in [6.07, 6.45) is 1.50. The highest BCUT2D eigenvalue weighted by molar-refractivity contribution is 5.71. The van der Waals surface area contributed by atoms with Crippen molar-refractivity contribution in [2.45, 2.75) is 39.8 Å². The number of carbonyl (C=O) groups is 1. The second-order valence-electron chi connectivity index (χ2n) is 7.83. The van der Waals surface area contributed by atoms with Gasteiger partial charge in [0.2, 0.25) is 0 Å². The quantitative estimate of drug-likeness (QED) is 0.656. The van der Waals surface area contributed by atoms with Crippen LogP contribution in [0.4, 0.5) is 11.4 Å². The van der Waals surface area contributed by atoms with Crippen LogP contribution in [0.15, 0.2) is 65.6 Å². The molecule has 0 aliphatic carbocycles. The number of carbonyl (C=O) groups excluding carboxylic acids is 1. The van der Waals surface area contributed by atoms with Crippen LogP contribution in [0.1, 0.15) is 26.3 Å². The number of hydrogen-bond donors (Lipinski definition) is 1. The summed E-state index contributed by atoms with van der Waals surface area (Å²) in [5, 5.41) is 3.09. The zero-order valence-corrected chi connectivity index (χ0v) is 17.1. The Hall–Kier alpha value is -3.41. The van der Waals surface area contributed by atoms with E-state index in [1.165, 1.54) is 10.8 Å². The molecule has 0 aliphatic heterocycles. The van der Waals surface area contributed by atoms with Gasteiger partial charge in [-0.1, -0.05) is 48.0 Å². The van der Waals surface area contributed by atoms with Crippen molar-refractivity contribution < 1.29 is 9.53 Å². The Balaban J connectivity index is 2.01. The number of aromatic nitrogens is 2. The Kier molecular flexibility index (Phi) is 5.82. The minimum atomic E-state index is -0.640. The molecule has 0 bridgehead atoms. The summed E-state index contributed by atoms with van der Waals surface area (Å²) < 4.78 is 6.76. The maximum Gasteiger partial charge on any atom is 0.326 e. The average Bonchev–Trinajstić information content (AvgIpc) is 2.66. The van der Waals surface area contributed by atoms with Gasteiger partial charge in [0, 0.05) is 11.3 Å². The minimum absolute atomic E-state index is 0.225. The molecule has 2 aromatic carbocycles. The molecule has 0 fully saturated rings. The first-order valence-corrected chi connectivity index (χ1v) is 9.44. The maximum absolute atomic E-state index is 13.2. The molecule has 150 valence electrons. The minimum Gasteiger partial charge on any atom is -0.459 e. The number of anilines is 2. The molecule has 0 spiro atoms. The number of benzene rings is 2. The lowest BCUT2D eigenvalue weighted by molar-refractivity contribution is -0.155. The summed E-state index contributed by atoms with van der Waals surface area (Å²) in [6, 6.07) is 17.0. The number of rotatable bonds is 5. The fourth-order valence-corrected chi connectivity index (χ4v) is 2.84. The molecular weight excluding hydrogens is 366 g/mol. The lowest BCUT2D eigenvalue weighted by Gasteiger charge is -2.21. The molecule has 1 N–H and O–H groups in total. The van der Waals surface area contributed by atoms with E-state index in [1.807, 2.05) is 61.5 Å². The van der Waals surface area contributed by atoms with E-state index < -0.39 is 11.6 Å². The molecule has 0 saturated heterocycles. The molecule has 0 saturated carbocycles. The fraction of sp³-hybridized carbons (Fsp3) is 0.261. The lowest BCUT2D eigenvalue weighted by Crippen LogP contribution is -2.32. The third-order valence-corrected chi connectivity index (χ3v) is 4.12. The highest BCUT2D eigenvalue weighted by Crippen LogP contribution is 2.19. The molecule has 0 unspecified atom stereocenters. The standard InChI is InChI=1S/C23H25N3O3/c1-16-10-12-18(13-11-16)25-19-14-24-21(17-8-6-5-7-9-17)26(22(19)28)15-20(27)29-23(2,3)4/h5-14,25H,15H2,1-4H3. The number of hydrogen-bond acceptors (Lipinski definition) is 5. The van der Waals surface area contributed by atoms with Crippen LogP contribution in [-0.4, -0.2) is 21.1 Å². The first-order chi connectivity index (χ1) is 13.7. The van der Waals surface area contributed by atoms with E-state index in [9.17, 15) is 9.59 Å². The summed E-state index contributed by atoms with van der Waals surface area (Å²) in [5.41, 5.74) is 1.94. The van der Waals surface area contributed by atoms with Crippen LogP contribution in [0, 0.1) is 6.92 Å². The zero-order chi connectivity index (χ0) is 21.0. The van der Waals surface area contributed by atoms with Crippen molar-refractivity contribution in [2.24, 2.45) is 0 Å². The van der Waals surface area contributed by atoms with Crippen molar-refractivity contribution in [2.75, 3.05) is 5.32 Å². The Bertz CT molecular complexity index is 1050. The molecule has 29 heavy (non-hydrogen) atoms. The lowest BCUT2D eigenvalue weighted by atomic mass is 10.2. The monoisotopic (exact) mass is 391 g/mol.